The zero-order valence-electron chi connectivity index (χ0n) is 13.8. The van der Waals surface area contributed by atoms with Crippen molar-refractivity contribution in [1.29, 1.82) is 0 Å². The normalized spacial score (nSPS) is 15.4. The number of carbonyl (C=O) groups is 1. The molecule has 1 aromatic heterocycles. The van der Waals surface area contributed by atoms with Crippen LogP contribution < -0.4 is 10.6 Å². The fourth-order valence-electron chi connectivity index (χ4n) is 2.90. The standard InChI is InChI=1S/C17H22BrN5O/c1-23-17(21-16(22-23)13-7-9-19-10-8-13)20-15(24)6-5-12-3-2-4-14(18)11-12/h2-4,11,13,19H,5-10H2,1H3,(H,20,21,22,24). The van der Waals surface area contributed by atoms with Gasteiger partial charge in [0.2, 0.25) is 11.9 Å². The van der Waals surface area contributed by atoms with Crippen LogP contribution in [0, 0.1) is 0 Å². The van der Waals surface area contributed by atoms with Gasteiger partial charge in [0.05, 0.1) is 0 Å². The molecule has 1 aromatic carbocycles. The quantitative estimate of drug-likeness (QED) is 0.821. The van der Waals surface area contributed by atoms with Gasteiger partial charge in [-0.1, -0.05) is 28.1 Å². The van der Waals surface area contributed by atoms with Gasteiger partial charge in [0, 0.05) is 23.9 Å². The molecule has 2 N–H and O–H groups in total. The number of nitrogens with zero attached hydrogens (tertiary/aromatic N) is 3. The highest BCUT2D eigenvalue weighted by Gasteiger charge is 2.21. The first-order chi connectivity index (χ1) is 11.6. The number of halogens is 1. The Morgan fingerprint density at radius 1 is 1.42 bits per heavy atom. The zero-order chi connectivity index (χ0) is 16.9. The largest absolute Gasteiger partial charge is 0.317 e. The minimum atomic E-state index is -0.0395. The van der Waals surface area contributed by atoms with E-state index in [0.29, 0.717) is 24.7 Å². The van der Waals surface area contributed by atoms with Crippen LogP contribution in [0.1, 0.15) is 36.6 Å². The molecule has 128 valence electrons. The van der Waals surface area contributed by atoms with Gasteiger partial charge in [0.1, 0.15) is 0 Å². The Hall–Kier alpha value is -1.73. The number of carbonyl (C=O) groups excluding carboxylic acids is 1. The van der Waals surface area contributed by atoms with Gasteiger partial charge >= 0.3 is 0 Å². The van der Waals surface area contributed by atoms with Gasteiger partial charge in [-0.05, 0) is 50.0 Å². The van der Waals surface area contributed by atoms with Gasteiger partial charge in [-0.25, -0.2) is 4.68 Å². The van der Waals surface area contributed by atoms with Crippen molar-refractivity contribution in [2.45, 2.75) is 31.6 Å². The van der Waals surface area contributed by atoms with Crippen molar-refractivity contribution in [1.82, 2.24) is 20.1 Å². The molecule has 24 heavy (non-hydrogen) atoms. The topological polar surface area (TPSA) is 71.8 Å². The Morgan fingerprint density at radius 2 is 2.21 bits per heavy atom. The molecule has 0 saturated carbocycles. The van der Waals surface area contributed by atoms with Crippen molar-refractivity contribution >= 4 is 27.8 Å². The van der Waals surface area contributed by atoms with Gasteiger partial charge < -0.3 is 5.32 Å². The third kappa shape index (κ3) is 4.42. The second-order valence-corrected chi connectivity index (χ2v) is 7.04. The van der Waals surface area contributed by atoms with E-state index in [4.69, 9.17) is 0 Å². The smallest absolute Gasteiger partial charge is 0.227 e. The summed E-state index contributed by atoms with van der Waals surface area (Å²) in [6.07, 6.45) is 3.21. The summed E-state index contributed by atoms with van der Waals surface area (Å²) in [5, 5.41) is 10.7. The van der Waals surface area contributed by atoms with Crippen molar-refractivity contribution in [2.75, 3.05) is 18.4 Å². The van der Waals surface area contributed by atoms with E-state index >= 15 is 0 Å². The molecule has 0 atom stereocenters. The van der Waals surface area contributed by atoms with Gasteiger partial charge in [0.15, 0.2) is 5.82 Å². The number of anilines is 1. The molecular weight excluding hydrogens is 370 g/mol. The molecule has 1 saturated heterocycles. The number of hydrogen-bond donors (Lipinski definition) is 2. The summed E-state index contributed by atoms with van der Waals surface area (Å²) in [7, 11) is 1.82. The van der Waals surface area contributed by atoms with Crippen LogP contribution in [0.15, 0.2) is 28.7 Å². The van der Waals surface area contributed by atoms with E-state index in [9.17, 15) is 4.79 Å². The highest BCUT2D eigenvalue weighted by Crippen LogP contribution is 2.23. The maximum atomic E-state index is 12.2. The highest BCUT2D eigenvalue weighted by atomic mass is 79.9. The Labute approximate surface area is 150 Å². The Balaban J connectivity index is 1.57. The van der Waals surface area contributed by atoms with E-state index < -0.39 is 0 Å². The number of benzene rings is 1. The lowest BCUT2D eigenvalue weighted by Gasteiger charge is -2.19. The number of hydrogen-bond acceptors (Lipinski definition) is 4. The summed E-state index contributed by atoms with van der Waals surface area (Å²) in [5.74, 6) is 1.70. The maximum Gasteiger partial charge on any atom is 0.227 e. The lowest BCUT2D eigenvalue weighted by atomic mass is 9.98. The molecule has 2 heterocycles. The van der Waals surface area contributed by atoms with Crippen LogP contribution >= 0.6 is 15.9 Å². The fourth-order valence-corrected chi connectivity index (χ4v) is 3.35. The molecule has 2 aromatic rings. The van der Waals surface area contributed by atoms with Crippen molar-refractivity contribution in [3.63, 3.8) is 0 Å². The molecule has 1 aliphatic rings. The van der Waals surface area contributed by atoms with E-state index in [2.05, 4.69) is 36.6 Å². The average Bonchev–Trinajstić information content (AvgIpc) is 2.95. The number of aromatic nitrogens is 3. The minimum Gasteiger partial charge on any atom is -0.317 e. The van der Waals surface area contributed by atoms with Crippen molar-refractivity contribution in [3.05, 3.63) is 40.1 Å². The number of amides is 1. The molecule has 1 amide bonds. The van der Waals surface area contributed by atoms with E-state index in [0.717, 1.165) is 41.8 Å². The lowest BCUT2D eigenvalue weighted by molar-refractivity contribution is -0.116. The Morgan fingerprint density at radius 3 is 2.96 bits per heavy atom. The lowest BCUT2D eigenvalue weighted by Crippen LogP contribution is -2.27. The number of rotatable bonds is 5. The van der Waals surface area contributed by atoms with Gasteiger partial charge in [-0.3, -0.25) is 10.1 Å². The monoisotopic (exact) mass is 391 g/mol. The van der Waals surface area contributed by atoms with Crippen LogP contribution in [0.4, 0.5) is 5.95 Å². The van der Waals surface area contributed by atoms with Crippen molar-refractivity contribution in [3.8, 4) is 0 Å². The summed E-state index contributed by atoms with van der Waals surface area (Å²) in [4.78, 5) is 16.7. The molecule has 0 spiro atoms. The number of aryl methyl sites for hydroxylation is 2. The summed E-state index contributed by atoms with van der Waals surface area (Å²) in [6.45, 7) is 1.99. The number of nitrogens with one attached hydrogen (secondary N) is 2. The zero-order valence-corrected chi connectivity index (χ0v) is 15.3. The third-order valence-electron chi connectivity index (χ3n) is 4.26. The second-order valence-electron chi connectivity index (χ2n) is 6.12. The second kappa shape index (κ2) is 7.90. The van der Waals surface area contributed by atoms with E-state index in [1.807, 2.05) is 31.3 Å². The van der Waals surface area contributed by atoms with Crippen LogP contribution in [-0.2, 0) is 18.3 Å². The van der Waals surface area contributed by atoms with Crippen molar-refractivity contribution in [2.24, 2.45) is 7.05 Å². The molecule has 7 heteroatoms. The van der Waals surface area contributed by atoms with Crippen LogP contribution in [0.25, 0.3) is 0 Å². The van der Waals surface area contributed by atoms with Gasteiger partial charge in [-0.15, -0.1) is 0 Å². The fraction of sp³-hybridized carbons (Fsp3) is 0.471. The highest BCUT2D eigenvalue weighted by molar-refractivity contribution is 9.10. The predicted octanol–water partition coefficient (Wildman–Crippen LogP) is 2.62. The van der Waals surface area contributed by atoms with E-state index in [1.54, 1.807) is 4.68 Å². The summed E-state index contributed by atoms with van der Waals surface area (Å²) >= 11 is 3.45. The number of piperidine rings is 1. The molecule has 1 fully saturated rings. The molecule has 1 aliphatic heterocycles. The van der Waals surface area contributed by atoms with Crippen LogP contribution in [-0.4, -0.2) is 33.8 Å². The molecule has 0 bridgehead atoms. The first kappa shape index (κ1) is 17.1. The molecule has 3 rings (SSSR count). The first-order valence-electron chi connectivity index (χ1n) is 8.28. The van der Waals surface area contributed by atoms with E-state index in [1.165, 1.54) is 0 Å². The summed E-state index contributed by atoms with van der Waals surface area (Å²) in [6, 6.07) is 8.01. The van der Waals surface area contributed by atoms with Crippen LogP contribution in [0.3, 0.4) is 0 Å². The summed E-state index contributed by atoms with van der Waals surface area (Å²) in [5.41, 5.74) is 1.13. The Bertz CT molecular complexity index is 709. The average molecular weight is 392 g/mol. The maximum absolute atomic E-state index is 12.2. The molecule has 6 nitrogen and oxygen atoms in total. The third-order valence-corrected chi connectivity index (χ3v) is 4.76. The molecule has 0 unspecified atom stereocenters. The van der Waals surface area contributed by atoms with Gasteiger partial charge in [0.25, 0.3) is 0 Å². The predicted molar refractivity (Wildman–Crippen MR) is 96.9 cm³/mol. The van der Waals surface area contributed by atoms with Crippen LogP contribution in [0.5, 0.6) is 0 Å². The minimum absolute atomic E-state index is 0.0395. The van der Waals surface area contributed by atoms with E-state index in [-0.39, 0.29) is 5.91 Å². The van der Waals surface area contributed by atoms with Crippen molar-refractivity contribution < 1.29 is 4.79 Å². The van der Waals surface area contributed by atoms with Gasteiger partial charge in [-0.2, -0.15) is 10.1 Å². The summed E-state index contributed by atoms with van der Waals surface area (Å²) < 4.78 is 2.69. The molecular formula is C17H22BrN5O. The first-order valence-corrected chi connectivity index (χ1v) is 9.07. The Kier molecular flexibility index (Phi) is 5.63. The SMILES string of the molecule is Cn1nc(C2CCNCC2)nc1NC(=O)CCc1cccc(Br)c1. The van der Waals surface area contributed by atoms with Crippen LogP contribution in [0.2, 0.25) is 0 Å². The molecule has 0 radical (unpaired) electrons. The molecule has 0 aliphatic carbocycles.